The highest BCUT2D eigenvalue weighted by molar-refractivity contribution is 7.07. The van der Waals surface area contributed by atoms with Gasteiger partial charge in [0.05, 0.1) is 5.39 Å². The number of fused-ring (bicyclic) bond motifs is 2. The number of benzene rings is 1. The van der Waals surface area contributed by atoms with Gasteiger partial charge in [-0.15, -0.1) is 0 Å². The van der Waals surface area contributed by atoms with Gasteiger partial charge in [-0.2, -0.15) is 11.3 Å². The summed E-state index contributed by atoms with van der Waals surface area (Å²) in [6.45, 7) is 3.73. The van der Waals surface area contributed by atoms with Crippen molar-refractivity contribution in [2.75, 3.05) is 19.6 Å². The molecule has 3 aromatic rings. The van der Waals surface area contributed by atoms with E-state index in [0.717, 1.165) is 45.4 Å². The molecule has 150 valence electrons. The number of carbonyl (C=O) groups excluding carboxylic acids is 1. The fraction of sp³-hybridized carbons (Fsp3) is 0.391. The van der Waals surface area contributed by atoms with Gasteiger partial charge in [0.2, 0.25) is 0 Å². The maximum absolute atomic E-state index is 13.3. The highest BCUT2D eigenvalue weighted by Crippen LogP contribution is 2.32. The smallest absolute Gasteiger partial charge is 0.289 e. The number of hydrogen-bond donors (Lipinski definition) is 0. The number of amides is 1. The number of hydrogen-bond acceptors (Lipinski definition) is 5. The Morgan fingerprint density at radius 1 is 1.17 bits per heavy atom. The van der Waals surface area contributed by atoms with Gasteiger partial charge in [-0.05, 0) is 59.7 Å². The standard InChI is InChI=1S/C23H24N2O3S/c26-20-12-22(28-21-6-2-1-5-18(20)21)23(27)25-9-3-4-17-14-24(10-7-19(17)25)13-16-8-11-29-15-16/h1-2,5-6,8,11-12,15,17,19H,3-4,7,9-10,13-14H2/t17-,19-/m1/s1. The lowest BCUT2D eigenvalue weighted by molar-refractivity contribution is 0.0164. The van der Waals surface area contributed by atoms with Gasteiger partial charge in [-0.1, -0.05) is 12.1 Å². The molecule has 0 aliphatic carbocycles. The SMILES string of the molecule is O=C(c1cc(=O)c2ccccc2o1)N1CCC[C@@H]2CN(Cc3ccsc3)CC[C@H]21. The van der Waals surface area contributed by atoms with E-state index in [1.54, 1.807) is 29.5 Å². The molecule has 4 heterocycles. The van der Waals surface area contributed by atoms with Gasteiger partial charge in [0, 0.05) is 38.3 Å². The zero-order valence-electron chi connectivity index (χ0n) is 16.3. The van der Waals surface area contributed by atoms with Gasteiger partial charge in [-0.25, -0.2) is 0 Å². The lowest BCUT2D eigenvalue weighted by Gasteiger charge is -2.47. The normalized spacial score (nSPS) is 22.6. The van der Waals surface area contributed by atoms with Crippen LogP contribution in [0.15, 0.2) is 56.4 Å². The summed E-state index contributed by atoms with van der Waals surface area (Å²) < 4.78 is 5.83. The molecule has 0 unspecified atom stereocenters. The summed E-state index contributed by atoms with van der Waals surface area (Å²) in [7, 11) is 0. The van der Waals surface area contributed by atoms with Gasteiger partial charge >= 0.3 is 0 Å². The largest absolute Gasteiger partial charge is 0.451 e. The Bertz CT molecular complexity index is 1080. The molecule has 2 atom stereocenters. The zero-order chi connectivity index (χ0) is 19.8. The average Bonchev–Trinajstić information content (AvgIpc) is 3.25. The molecule has 2 aromatic heterocycles. The quantitative estimate of drug-likeness (QED) is 0.658. The van der Waals surface area contributed by atoms with E-state index in [1.165, 1.54) is 11.6 Å². The Labute approximate surface area is 173 Å². The van der Waals surface area contributed by atoms with Crippen LogP contribution in [0, 0.1) is 5.92 Å². The van der Waals surface area contributed by atoms with Crippen molar-refractivity contribution in [3.05, 3.63) is 68.7 Å². The molecule has 6 heteroatoms. The second-order valence-electron chi connectivity index (χ2n) is 8.09. The fourth-order valence-electron chi connectivity index (χ4n) is 4.87. The second-order valence-corrected chi connectivity index (χ2v) is 8.87. The summed E-state index contributed by atoms with van der Waals surface area (Å²) in [5, 5.41) is 4.85. The molecule has 0 spiro atoms. The first-order chi connectivity index (χ1) is 14.2. The van der Waals surface area contributed by atoms with Crippen LogP contribution in [0.5, 0.6) is 0 Å². The van der Waals surface area contributed by atoms with Crippen molar-refractivity contribution in [1.29, 1.82) is 0 Å². The molecule has 29 heavy (non-hydrogen) atoms. The fourth-order valence-corrected chi connectivity index (χ4v) is 5.53. The van der Waals surface area contributed by atoms with Crippen molar-refractivity contribution >= 4 is 28.2 Å². The first kappa shape index (κ1) is 18.6. The summed E-state index contributed by atoms with van der Waals surface area (Å²) in [5.74, 6) is 0.496. The van der Waals surface area contributed by atoms with Crippen LogP contribution < -0.4 is 5.43 Å². The van der Waals surface area contributed by atoms with E-state index in [9.17, 15) is 9.59 Å². The topological polar surface area (TPSA) is 53.8 Å². The molecule has 2 aliphatic rings. The Morgan fingerprint density at radius 3 is 2.93 bits per heavy atom. The van der Waals surface area contributed by atoms with Gasteiger partial charge < -0.3 is 9.32 Å². The summed E-state index contributed by atoms with van der Waals surface area (Å²) in [4.78, 5) is 30.2. The van der Waals surface area contributed by atoms with Crippen LogP contribution in [0.1, 0.15) is 35.4 Å². The summed E-state index contributed by atoms with van der Waals surface area (Å²) in [6, 6.07) is 10.9. The molecule has 1 aromatic carbocycles. The van der Waals surface area contributed by atoms with E-state index < -0.39 is 0 Å². The number of para-hydroxylation sites is 1. The highest BCUT2D eigenvalue weighted by atomic mass is 32.1. The predicted octanol–water partition coefficient (Wildman–Crippen LogP) is 3.98. The first-order valence-electron chi connectivity index (χ1n) is 10.3. The van der Waals surface area contributed by atoms with Crippen molar-refractivity contribution < 1.29 is 9.21 Å². The molecule has 2 aliphatic heterocycles. The van der Waals surface area contributed by atoms with Crippen LogP contribution in [-0.2, 0) is 6.54 Å². The zero-order valence-corrected chi connectivity index (χ0v) is 17.1. The van der Waals surface area contributed by atoms with E-state index in [1.807, 2.05) is 11.0 Å². The van der Waals surface area contributed by atoms with Crippen molar-refractivity contribution in [3.8, 4) is 0 Å². The molecular formula is C23H24N2O3S. The van der Waals surface area contributed by atoms with Crippen LogP contribution in [0.4, 0.5) is 0 Å². The Balaban J connectivity index is 1.35. The van der Waals surface area contributed by atoms with E-state index in [4.69, 9.17) is 4.42 Å². The lowest BCUT2D eigenvalue weighted by atomic mass is 9.83. The lowest BCUT2D eigenvalue weighted by Crippen LogP contribution is -2.55. The maximum Gasteiger partial charge on any atom is 0.289 e. The van der Waals surface area contributed by atoms with Crippen LogP contribution in [0.2, 0.25) is 0 Å². The Hall–Kier alpha value is -2.44. The number of likely N-dealkylation sites (tertiary alicyclic amines) is 2. The molecule has 0 radical (unpaired) electrons. The van der Waals surface area contributed by atoms with Gasteiger partial charge in [0.15, 0.2) is 11.2 Å². The maximum atomic E-state index is 13.3. The second kappa shape index (κ2) is 7.76. The average molecular weight is 409 g/mol. The number of nitrogens with zero attached hydrogens (tertiary/aromatic N) is 2. The molecule has 5 rings (SSSR count). The third-order valence-corrected chi connectivity index (χ3v) is 6.98. The minimum Gasteiger partial charge on any atom is -0.451 e. The minimum atomic E-state index is -0.158. The van der Waals surface area contributed by atoms with E-state index in [0.29, 0.717) is 16.9 Å². The third kappa shape index (κ3) is 3.63. The van der Waals surface area contributed by atoms with E-state index in [2.05, 4.69) is 21.7 Å². The van der Waals surface area contributed by atoms with Crippen molar-refractivity contribution in [2.24, 2.45) is 5.92 Å². The minimum absolute atomic E-state index is 0.145. The molecule has 2 saturated heterocycles. The summed E-state index contributed by atoms with van der Waals surface area (Å²) in [5.41, 5.74) is 1.69. The van der Waals surface area contributed by atoms with Gasteiger partial charge in [-0.3, -0.25) is 14.5 Å². The Morgan fingerprint density at radius 2 is 2.07 bits per heavy atom. The molecule has 1 amide bonds. The van der Waals surface area contributed by atoms with Crippen LogP contribution >= 0.6 is 11.3 Å². The van der Waals surface area contributed by atoms with Gasteiger partial charge in [0.25, 0.3) is 5.91 Å². The van der Waals surface area contributed by atoms with Crippen molar-refractivity contribution in [1.82, 2.24) is 9.80 Å². The Kier molecular flexibility index (Phi) is 4.97. The number of rotatable bonds is 3. The highest BCUT2D eigenvalue weighted by Gasteiger charge is 2.39. The summed E-state index contributed by atoms with van der Waals surface area (Å²) >= 11 is 1.74. The number of piperidine rings is 2. The van der Waals surface area contributed by atoms with E-state index in [-0.39, 0.29) is 23.1 Å². The van der Waals surface area contributed by atoms with Crippen LogP contribution in [0.3, 0.4) is 0 Å². The summed E-state index contributed by atoms with van der Waals surface area (Å²) in [6.07, 6.45) is 3.12. The molecule has 2 fully saturated rings. The van der Waals surface area contributed by atoms with Crippen LogP contribution in [-0.4, -0.2) is 41.4 Å². The molecule has 0 bridgehead atoms. The number of thiophene rings is 1. The molecule has 0 saturated carbocycles. The number of carbonyl (C=O) groups is 1. The molecule has 5 nitrogen and oxygen atoms in total. The van der Waals surface area contributed by atoms with Gasteiger partial charge in [0.1, 0.15) is 5.58 Å². The molecule has 0 N–H and O–H groups in total. The van der Waals surface area contributed by atoms with Crippen molar-refractivity contribution in [2.45, 2.75) is 31.8 Å². The first-order valence-corrected chi connectivity index (χ1v) is 11.2. The third-order valence-electron chi connectivity index (χ3n) is 6.24. The molecular weight excluding hydrogens is 384 g/mol. The van der Waals surface area contributed by atoms with E-state index >= 15 is 0 Å². The predicted molar refractivity (Wildman–Crippen MR) is 114 cm³/mol. The monoisotopic (exact) mass is 408 g/mol. The van der Waals surface area contributed by atoms with Crippen molar-refractivity contribution in [3.63, 3.8) is 0 Å². The van der Waals surface area contributed by atoms with Crippen LogP contribution in [0.25, 0.3) is 11.0 Å².